The number of benzene rings is 1. The molecule has 0 aliphatic rings. The third-order valence-electron chi connectivity index (χ3n) is 1.81. The van der Waals surface area contributed by atoms with Crippen LogP contribution in [0.4, 0.5) is 5.69 Å². The molecule has 12 heavy (non-hydrogen) atoms. The predicted octanol–water partition coefficient (Wildman–Crippen LogP) is 0.792. The van der Waals surface area contributed by atoms with Crippen LogP contribution in [0.25, 0.3) is 11.0 Å². The first-order valence-electron chi connectivity index (χ1n) is 3.71. The summed E-state index contributed by atoms with van der Waals surface area (Å²) in [5, 5.41) is 0. The SMILES string of the molecule is CNn1cnc2ccc(N)cc21. The zero-order valence-corrected chi connectivity index (χ0v) is 6.78. The molecule has 1 heterocycles. The highest BCUT2D eigenvalue weighted by Crippen LogP contribution is 2.14. The van der Waals surface area contributed by atoms with Gasteiger partial charge in [0.05, 0.1) is 11.0 Å². The number of nitrogen functional groups attached to an aromatic ring is 1. The Kier molecular flexibility index (Phi) is 1.40. The van der Waals surface area contributed by atoms with E-state index in [1.807, 2.05) is 29.9 Å². The Morgan fingerprint density at radius 1 is 1.50 bits per heavy atom. The van der Waals surface area contributed by atoms with Gasteiger partial charge < -0.3 is 11.2 Å². The van der Waals surface area contributed by atoms with E-state index in [0.29, 0.717) is 0 Å². The number of aromatic nitrogens is 2. The van der Waals surface area contributed by atoms with Crippen molar-refractivity contribution in [3.63, 3.8) is 0 Å². The number of nitrogens with two attached hydrogens (primary N) is 1. The fraction of sp³-hybridized carbons (Fsp3) is 0.125. The molecule has 2 rings (SSSR count). The van der Waals surface area contributed by atoms with E-state index in [4.69, 9.17) is 5.73 Å². The highest BCUT2D eigenvalue weighted by Gasteiger charge is 1.99. The number of nitrogens with zero attached hydrogens (tertiary/aromatic N) is 2. The van der Waals surface area contributed by atoms with Gasteiger partial charge in [0.25, 0.3) is 0 Å². The van der Waals surface area contributed by atoms with E-state index in [-0.39, 0.29) is 0 Å². The van der Waals surface area contributed by atoms with Gasteiger partial charge in [0, 0.05) is 12.7 Å². The van der Waals surface area contributed by atoms with E-state index in [1.165, 1.54) is 0 Å². The van der Waals surface area contributed by atoms with Gasteiger partial charge in [0.1, 0.15) is 6.33 Å². The summed E-state index contributed by atoms with van der Waals surface area (Å²) in [6.45, 7) is 0. The van der Waals surface area contributed by atoms with Crippen LogP contribution in [-0.2, 0) is 0 Å². The molecular formula is C8H10N4. The third-order valence-corrected chi connectivity index (χ3v) is 1.81. The summed E-state index contributed by atoms with van der Waals surface area (Å²) in [5.74, 6) is 0. The number of rotatable bonds is 1. The third kappa shape index (κ3) is 0.887. The van der Waals surface area contributed by atoms with Crippen LogP contribution < -0.4 is 11.2 Å². The molecule has 2 aromatic rings. The van der Waals surface area contributed by atoms with Crippen LogP contribution in [0.2, 0.25) is 0 Å². The Hall–Kier alpha value is -1.71. The van der Waals surface area contributed by atoms with Gasteiger partial charge in [0.15, 0.2) is 0 Å². The average Bonchev–Trinajstić information content (AvgIpc) is 2.46. The van der Waals surface area contributed by atoms with Gasteiger partial charge in [-0.3, -0.25) is 0 Å². The van der Waals surface area contributed by atoms with Crippen LogP contribution in [0.15, 0.2) is 24.5 Å². The summed E-state index contributed by atoms with van der Waals surface area (Å²) in [7, 11) is 1.84. The van der Waals surface area contributed by atoms with Crippen LogP contribution in [0, 0.1) is 0 Å². The van der Waals surface area contributed by atoms with E-state index in [0.717, 1.165) is 16.7 Å². The number of anilines is 1. The molecule has 1 aromatic heterocycles. The first-order chi connectivity index (χ1) is 5.81. The van der Waals surface area contributed by atoms with Crippen molar-refractivity contribution in [2.75, 3.05) is 18.2 Å². The summed E-state index contributed by atoms with van der Waals surface area (Å²) in [4.78, 5) is 4.18. The Morgan fingerprint density at radius 2 is 2.33 bits per heavy atom. The van der Waals surface area contributed by atoms with E-state index in [1.54, 1.807) is 6.33 Å². The van der Waals surface area contributed by atoms with Crippen LogP contribution in [0.5, 0.6) is 0 Å². The van der Waals surface area contributed by atoms with Crippen molar-refractivity contribution in [1.29, 1.82) is 0 Å². The Bertz CT molecular complexity index is 404. The molecule has 0 bridgehead atoms. The lowest BCUT2D eigenvalue weighted by Gasteiger charge is -2.01. The van der Waals surface area contributed by atoms with E-state index in [9.17, 15) is 0 Å². The lowest BCUT2D eigenvalue weighted by Crippen LogP contribution is -2.06. The smallest absolute Gasteiger partial charge is 0.115 e. The Balaban J connectivity index is 2.75. The van der Waals surface area contributed by atoms with Gasteiger partial charge in [0.2, 0.25) is 0 Å². The van der Waals surface area contributed by atoms with E-state index in [2.05, 4.69) is 10.4 Å². The molecule has 0 aliphatic heterocycles. The predicted molar refractivity (Wildman–Crippen MR) is 49.4 cm³/mol. The summed E-state index contributed by atoms with van der Waals surface area (Å²) < 4.78 is 1.83. The maximum absolute atomic E-state index is 5.64. The van der Waals surface area contributed by atoms with Gasteiger partial charge in [-0.05, 0) is 18.2 Å². The van der Waals surface area contributed by atoms with Crippen LogP contribution in [-0.4, -0.2) is 16.7 Å². The second-order valence-corrected chi connectivity index (χ2v) is 2.59. The molecule has 0 aliphatic carbocycles. The quantitative estimate of drug-likeness (QED) is 0.609. The van der Waals surface area contributed by atoms with Crippen molar-refractivity contribution in [2.45, 2.75) is 0 Å². The van der Waals surface area contributed by atoms with Gasteiger partial charge in [-0.2, -0.15) is 0 Å². The molecule has 0 amide bonds. The second-order valence-electron chi connectivity index (χ2n) is 2.59. The van der Waals surface area contributed by atoms with Crippen molar-refractivity contribution in [2.24, 2.45) is 0 Å². The molecule has 0 unspecified atom stereocenters. The molecule has 0 saturated carbocycles. The lowest BCUT2D eigenvalue weighted by molar-refractivity contribution is 0.956. The fourth-order valence-electron chi connectivity index (χ4n) is 1.20. The highest BCUT2D eigenvalue weighted by molar-refractivity contribution is 5.79. The van der Waals surface area contributed by atoms with Gasteiger partial charge in [-0.1, -0.05) is 0 Å². The van der Waals surface area contributed by atoms with Crippen LogP contribution >= 0.6 is 0 Å². The molecule has 62 valence electrons. The minimum atomic E-state index is 0.750. The molecule has 0 saturated heterocycles. The molecule has 1 aromatic carbocycles. The maximum atomic E-state index is 5.64. The largest absolute Gasteiger partial charge is 0.399 e. The number of imidazole rings is 1. The topological polar surface area (TPSA) is 55.9 Å². The summed E-state index contributed by atoms with van der Waals surface area (Å²) >= 11 is 0. The van der Waals surface area contributed by atoms with Gasteiger partial charge in [-0.25, -0.2) is 9.66 Å². The first-order valence-corrected chi connectivity index (χ1v) is 3.71. The van der Waals surface area contributed by atoms with E-state index < -0.39 is 0 Å². The Labute approximate surface area is 70.0 Å². The molecule has 4 nitrogen and oxygen atoms in total. The number of hydrogen-bond donors (Lipinski definition) is 2. The summed E-state index contributed by atoms with van der Waals surface area (Å²) in [6, 6.07) is 5.63. The van der Waals surface area contributed by atoms with Crippen molar-refractivity contribution < 1.29 is 0 Å². The highest BCUT2D eigenvalue weighted by atomic mass is 15.4. The molecule has 0 atom stereocenters. The van der Waals surface area contributed by atoms with Crippen molar-refractivity contribution in [3.8, 4) is 0 Å². The van der Waals surface area contributed by atoms with Crippen LogP contribution in [0.3, 0.4) is 0 Å². The molecular weight excluding hydrogens is 152 g/mol. The van der Waals surface area contributed by atoms with Crippen LogP contribution in [0.1, 0.15) is 0 Å². The molecule has 4 heteroatoms. The average molecular weight is 162 g/mol. The molecule has 3 N–H and O–H groups in total. The summed E-state index contributed by atoms with van der Waals surface area (Å²) in [5.41, 5.74) is 11.3. The molecule has 0 fully saturated rings. The minimum Gasteiger partial charge on any atom is -0.399 e. The van der Waals surface area contributed by atoms with Gasteiger partial charge >= 0.3 is 0 Å². The van der Waals surface area contributed by atoms with Crippen molar-refractivity contribution in [3.05, 3.63) is 24.5 Å². The number of fused-ring (bicyclic) bond motifs is 1. The maximum Gasteiger partial charge on any atom is 0.115 e. The van der Waals surface area contributed by atoms with Crippen molar-refractivity contribution >= 4 is 16.7 Å². The van der Waals surface area contributed by atoms with E-state index >= 15 is 0 Å². The first kappa shape index (κ1) is 6.97. The van der Waals surface area contributed by atoms with Crippen molar-refractivity contribution in [1.82, 2.24) is 9.66 Å². The lowest BCUT2D eigenvalue weighted by atomic mass is 10.3. The minimum absolute atomic E-state index is 0.750. The normalized spacial score (nSPS) is 10.4. The zero-order chi connectivity index (χ0) is 8.55. The van der Waals surface area contributed by atoms with Gasteiger partial charge in [-0.15, -0.1) is 0 Å². The standard InChI is InChI=1S/C8H10N4/c1-10-12-5-11-7-3-2-6(9)4-8(7)12/h2-5,10H,9H2,1H3. The Morgan fingerprint density at radius 3 is 3.08 bits per heavy atom. The summed E-state index contributed by atoms with van der Waals surface area (Å²) in [6.07, 6.45) is 1.73. The number of hydrogen-bond acceptors (Lipinski definition) is 3. The number of nitrogens with one attached hydrogen (secondary N) is 1. The zero-order valence-electron chi connectivity index (χ0n) is 6.78. The fourth-order valence-corrected chi connectivity index (χ4v) is 1.20. The monoisotopic (exact) mass is 162 g/mol. The molecule has 0 radical (unpaired) electrons. The molecule has 0 spiro atoms. The second kappa shape index (κ2) is 2.41.